The molecule has 1 atom stereocenters. The molecule has 0 bridgehead atoms. The van der Waals surface area contributed by atoms with Crippen molar-refractivity contribution in [1.82, 2.24) is 19.5 Å². The Morgan fingerprint density at radius 3 is 2.95 bits per heavy atom. The zero-order valence-electron chi connectivity index (χ0n) is 12.4. The second-order valence-electron chi connectivity index (χ2n) is 6.15. The van der Waals surface area contributed by atoms with Crippen molar-refractivity contribution in [2.24, 2.45) is 0 Å². The van der Waals surface area contributed by atoms with Crippen molar-refractivity contribution < 1.29 is 9.84 Å². The van der Waals surface area contributed by atoms with Gasteiger partial charge < -0.3 is 20.1 Å². The first-order chi connectivity index (χ1) is 10.5. The third-order valence-corrected chi connectivity index (χ3v) is 4.11. The van der Waals surface area contributed by atoms with Crippen LogP contribution < -0.4 is 5.73 Å². The molecule has 7 nitrogen and oxygen atoms in total. The largest absolute Gasteiger partial charge is 0.388 e. The summed E-state index contributed by atoms with van der Waals surface area (Å²) in [4.78, 5) is 13.4. The summed E-state index contributed by atoms with van der Waals surface area (Å²) in [5.41, 5.74) is 8.00. The Morgan fingerprint density at radius 1 is 1.36 bits per heavy atom. The first-order valence-electron chi connectivity index (χ1n) is 7.18. The lowest BCUT2D eigenvalue weighted by molar-refractivity contribution is -0.0452. The first kappa shape index (κ1) is 13.4. The van der Waals surface area contributed by atoms with Gasteiger partial charge in [0.25, 0.3) is 0 Å². The van der Waals surface area contributed by atoms with Crippen molar-refractivity contribution in [3.63, 3.8) is 0 Å². The minimum absolute atomic E-state index is 0.256. The maximum atomic E-state index is 10.5. The molecule has 3 N–H and O–H groups in total. The van der Waals surface area contributed by atoms with Gasteiger partial charge in [0.1, 0.15) is 29.0 Å². The standard InChI is InChI=1S/C15H17N5O2/c1-15(2,21)9-6-22-7-10-19-12-13(20(9)10)11-8(18-14(12)16)4-3-5-17-11/h3-5,9,21H,6-7H2,1-2H3,(H2,16,18)/t9-/m1/s1. The Morgan fingerprint density at radius 2 is 2.18 bits per heavy atom. The van der Waals surface area contributed by atoms with E-state index < -0.39 is 5.60 Å². The molecule has 4 heterocycles. The van der Waals surface area contributed by atoms with Gasteiger partial charge in [0, 0.05) is 6.20 Å². The van der Waals surface area contributed by atoms with Crippen LogP contribution in [-0.4, -0.2) is 36.8 Å². The lowest BCUT2D eigenvalue weighted by atomic mass is 9.98. The van der Waals surface area contributed by atoms with Gasteiger partial charge in [-0.3, -0.25) is 4.98 Å². The minimum Gasteiger partial charge on any atom is -0.388 e. The summed E-state index contributed by atoms with van der Waals surface area (Å²) in [5.74, 6) is 1.10. The molecule has 0 radical (unpaired) electrons. The minimum atomic E-state index is -0.956. The molecule has 0 saturated carbocycles. The summed E-state index contributed by atoms with van der Waals surface area (Å²) in [6.07, 6.45) is 1.72. The van der Waals surface area contributed by atoms with E-state index in [1.54, 1.807) is 20.0 Å². The number of aromatic nitrogens is 4. The SMILES string of the molecule is CC(C)(O)[C@H]1COCc2nc3c(N)nc4cccnc4c3n21. The van der Waals surface area contributed by atoms with Crippen molar-refractivity contribution >= 4 is 27.9 Å². The summed E-state index contributed by atoms with van der Waals surface area (Å²) in [6, 6.07) is 3.44. The van der Waals surface area contributed by atoms with Crippen LogP contribution in [0.15, 0.2) is 18.3 Å². The Kier molecular flexibility index (Phi) is 2.67. The number of nitrogens with zero attached hydrogens (tertiary/aromatic N) is 4. The highest BCUT2D eigenvalue weighted by Gasteiger charge is 2.35. The van der Waals surface area contributed by atoms with Crippen LogP contribution in [0.2, 0.25) is 0 Å². The van der Waals surface area contributed by atoms with Gasteiger partial charge in [0.05, 0.1) is 23.8 Å². The van der Waals surface area contributed by atoms with Crippen molar-refractivity contribution in [3.8, 4) is 0 Å². The van der Waals surface area contributed by atoms with Gasteiger partial charge in [-0.2, -0.15) is 0 Å². The summed E-state index contributed by atoms with van der Waals surface area (Å²) < 4.78 is 7.60. The van der Waals surface area contributed by atoms with Crippen molar-refractivity contribution in [1.29, 1.82) is 0 Å². The molecule has 0 spiro atoms. The van der Waals surface area contributed by atoms with E-state index in [-0.39, 0.29) is 6.04 Å². The van der Waals surface area contributed by atoms with Crippen LogP contribution in [-0.2, 0) is 11.3 Å². The molecule has 0 aliphatic carbocycles. The number of hydrogen-bond acceptors (Lipinski definition) is 6. The quantitative estimate of drug-likeness (QED) is 0.704. The molecule has 0 saturated heterocycles. The van der Waals surface area contributed by atoms with E-state index in [0.717, 1.165) is 22.4 Å². The maximum absolute atomic E-state index is 10.5. The molecule has 4 rings (SSSR count). The van der Waals surface area contributed by atoms with E-state index in [4.69, 9.17) is 10.5 Å². The Labute approximate surface area is 126 Å². The van der Waals surface area contributed by atoms with E-state index in [2.05, 4.69) is 15.0 Å². The van der Waals surface area contributed by atoms with Crippen LogP contribution in [0.5, 0.6) is 0 Å². The molecule has 3 aromatic heterocycles. The number of fused-ring (bicyclic) bond motifs is 5. The number of ether oxygens (including phenoxy) is 1. The highest BCUT2D eigenvalue weighted by atomic mass is 16.5. The predicted octanol–water partition coefficient (Wildman–Crippen LogP) is 1.40. The number of nitrogens with two attached hydrogens (primary N) is 1. The smallest absolute Gasteiger partial charge is 0.152 e. The number of anilines is 1. The zero-order chi connectivity index (χ0) is 15.5. The molecule has 0 amide bonds. The van der Waals surface area contributed by atoms with E-state index >= 15 is 0 Å². The van der Waals surface area contributed by atoms with Crippen LogP contribution in [0.25, 0.3) is 22.1 Å². The molecule has 0 fully saturated rings. The van der Waals surface area contributed by atoms with Crippen LogP contribution >= 0.6 is 0 Å². The molecule has 1 aliphatic rings. The van der Waals surface area contributed by atoms with E-state index in [9.17, 15) is 5.11 Å². The Bertz CT molecular complexity index is 881. The number of hydrogen-bond donors (Lipinski definition) is 2. The predicted molar refractivity (Wildman–Crippen MR) is 82.2 cm³/mol. The molecular formula is C15H17N5O2. The van der Waals surface area contributed by atoms with E-state index in [1.165, 1.54) is 0 Å². The normalized spacial score (nSPS) is 18.8. The molecule has 1 aliphatic heterocycles. The average molecular weight is 299 g/mol. The number of imidazole rings is 1. The van der Waals surface area contributed by atoms with Crippen LogP contribution in [0.4, 0.5) is 5.82 Å². The molecule has 114 valence electrons. The topological polar surface area (TPSA) is 99.1 Å². The van der Waals surface area contributed by atoms with Gasteiger partial charge in [-0.1, -0.05) is 0 Å². The Hall–Kier alpha value is -2.25. The van der Waals surface area contributed by atoms with Crippen molar-refractivity contribution in [2.45, 2.75) is 32.1 Å². The lowest BCUT2D eigenvalue weighted by Gasteiger charge is -2.34. The second-order valence-corrected chi connectivity index (χ2v) is 6.15. The first-order valence-corrected chi connectivity index (χ1v) is 7.18. The highest BCUT2D eigenvalue weighted by molar-refractivity contribution is 6.04. The van der Waals surface area contributed by atoms with E-state index in [1.807, 2.05) is 16.7 Å². The molecule has 0 unspecified atom stereocenters. The number of aliphatic hydroxyl groups is 1. The molecule has 0 aromatic carbocycles. The number of rotatable bonds is 1. The molecule has 7 heteroatoms. The molecule has 22 heavy (non-hydrogen) atoms. The third-order valence-electron chi connectivity index (χ3n) is 4.11. The summed E-state index contributed by atoms with van der Waals surface area (Å²) in [5, 5.41) is 10.5. The highest BCUT2D eigenvalue weighted by Crippen LogP contribution is 2.36. The summed E-state index contributed by atoms with van der Waals surface area (Å²) in [7, 11) is 0. The van der Waals surface area contributed by atoms with Crippen LogP contribution in [0, 0.1) is 0 Å². The second kappa shape index (κ2) is 4.37. The average Bonchev–Trinajstić information content (AvgIpc) is 2.86. The lowest BCUT2D eigenvalue weighted by Crippen LogP contribution is -2.39. The molecular weight excluding hydrogens is 282 g/mol. The summed E-state index contributed by atoms with van der Waals surface area (Å²) >= 11 is 0. The van der Waals surface area contributed by atoms with Crippen LogP contribution in [0.1, 0.15) is 25.7 Å². The van der Waals surface area contributed by atoms with Gasteiger partial charge in [-0.15, -0.1) is 0 Å². The summed E-state index contributed by atoms with van der Waals surface area (Å²) in [6.45, 7) is 4.33. The van der Waals surface area contributed by atoms with Gasteiger partial charge in [0.2, 0.25) is 0 Å². The van der Waals surface area contributed by atoms with Crippen molar-refractivity contribution in [2.75, 3.05) is 12.3 Å². The monoisotopic (exact) mass is 299 g/mol. The van der Waals surface area contributed by atoms with Gasteiger partial charge in [-0.25, -0.2) is 9.97 Å². The maximum Gasteiger partial charge on any atom is 0.152 e. The Balaban J connectivity index is 2.16. The zero-order valence-corrected chi connectivity index (χ0v) is 12.4. The van der Waals surface area contributed by atoms with Crippen LogP contribution in [0.3, 0.4) is 0 Å². The van der Waals surface area contributed by atoms with Gasteiger partial charge in [0.15, 0.2) is 5.82 Å². The fourth-order valence-corrected chi connectivity index (χ4v) is 3.03. The van der Waals surface area contributed by atoms with Crippen molar-refractivity contribution in [3.05, 3.63) is 24.2 Å². The third kappa shape index (κ3) is 1.79. The van der Waals surface area contributed by atoms with Gasteiger partial charge >= 0.3 is 0 Å². The fourth-order valence-electron chi connectivity index (χ4n) is 3.03. The molecule has 3 aromatic rings. The van der Waals surface area contributed by atoms with E-state index in [0.29, 0.717) is 24.5 Å². The van der Waals surface area contributed by atoms with Gasteiger partial charge in [-0.05, 0) is 26.0 Å². The fraction of sp³-hybridized carbons (Fsp3) is 0.400. The number of nitrogen functional groups attached to an aromatic ring is 1. The number of pyridine rings is 2.